The molecule has 0 spiro atoms. The Hall–Kier alpha value is -1.18. The highest BCUT2D eigenvalue weighted by molar-refractivity contribution is 5.59. The molecule has 0 aromatic heterocycles. The summed E-state index contributed by atoms with van der Waals surface area (Å²) < 4.78 is 0. The van der Waals surface area contributed by atoms with E-state index in [0.29, 0.717) is 0 Å². The fourth-order valence-electron chi connectivity index (χ4n) is 2.00. The lowest BCUT2D eigenvalue weighted by atomic mass is 10.2. The molecule has 0 heterocycles. The van der Waals surface area contributed by atoms with Gasteiger partial charge in [0.25, 0.3) is 0 Å². The molecule has 2 heteroatoms. The molecule has 0 atom stereocenters. The Morgan fingerprint density at radius 1 is 1.36 bits per heavy atom. The minimum absolute atomic E-state index is 0.765. The number of anilines is 2. The van der Waals surface area contributed by atoms with Crippen LogP contribution < -0.4 is 10.6 Å². The van der Waals surface area contributed by atoms with E-state index in [1.54, 1.807) is 0 Å². The van der Waals surface area contributed by atoms with E-state index in [2.05, 4.69) is 30.9 Å². The van der Waals surface area contributed by atoms with Gasteiger partial charge in [-0.25, -0.2) is 0 Å². The summed E-state index contributed by atoms with van der Waals surface area (Å²) in [6, 6.07) is 7.08. The molecule has 1 aromatic rings. The summed E-state index contributed by atoms with van der Waals surface area (Å²) in [5, 5.41) is 0. The van der Waals surface area contributed by atoms with Crippen LogP contribution in [0, 0.1) is 6.92 Å². The second kappa shape index (κ2) is 3.52. The van der Waals surface area contributed by atoms with E-state index in [4.69, 9.17) is 5.73 Å². The van der Waals surface area contributed by atoms with Crippen molar-refractivity contribution in [1.82, 2.24) is 0 Å². The molecule has 1 aliphatic carbocycles. The van der Waals surface area contributed by atoms with Gasteiger partial charge in [0.05, 0.1) is 0 Å². The average molecular weight is 190 g/mol. The largest absolute Gasteiger partial charge is 0.399 e. The lowest BCUT2D eigenvalue weighted by Gasteiger charge is -2.23. The number of hydrogen-bond donors (Lipinski definition) is 1. The minimum atomic E-state index is 0.765. The van der Waals surface area contributed by atoms with E-state index < -0.39 is 0 Å². The Morgan fingerprint density at radius 3 is 2.57 bits per heavy atom. The van der Waals surface area contributed by atoms with E-state index in [1.807, 2.05) is 6.07 Å². The van der Waals surface area contributed by atoms with Gasteiger partial charge in [-0.15, -0.1) is 0 Å². The van der Waals surface area contributed by atoms with Gasteiger partial charge in [0.15, 0.2) is 0 Å². The predicted octanol–water partition coefficient (Wildman–Crippen LogP) is 2.57. The molecule has 2 rings (SSSR count). The van der Waals surface area contributed by atoms with Crippen LogP contribution in [0.15, 0.2) is 18.2 Å². The molecule has 1 aromatic carbocycles. The molecule has 1 saturated carbocycles. The van der Waals surface area contributed by atoms with Crippen LogP contribution in [0.2, 0.25) is 0 Å². The Balaban J connectivity index is 2.28. The van der Waals surface area contributed by atoms with Crippen molar-refractivity contribution < 1.29 is 0 Å². The highest BCUT2D eigenvalue weighted by Gasteiger charge is 2.28. The van der Waals surface area contributed by atoms with E-state index in [0.717, 1.165) is 18.3 Å². The summed E-state index contributed by atoms with van der Waals surface area (Å²) in [5.41, 5.74) is 9.25. The zero-order chi connectivity index (χ0) is 10.1. The maximum atomic E-state index is 5.85. The van der Waals surface area contributed by atoms with E-state index >= 15 is 0 Å². The van der Waals surface area contributed by atoms with Crippen molar-refractivity contribution in [2.75, 3.05) is 17.2 Å². The summed E-state index contributed by atoms with van der Waals surface area (Å²) >= 11 is 0. The number of rotatable bonds is 3. The molecule has 14 heavy (non-hydrogen) atoms. The lowest BCUT2D eigenvalue weighted by Crippen LogP contribution is -2.25. The first-order valence-corrected chi connectivity index (χ1v) is 5.34. The van der Waals surface area contributed by atoms with Gasteiger partial charge in [-0.05, 0) is 50.5 Å². The summed E-state index contributed by atoms with van der Waals surface area (Å²) in [6.07, 6.45) is 2.67. The topological polar surface area (TPSA) is 29.3 Å². The smallest absolute Gasteiger partial charge is 0.0391 e. The van der Waals surface area contributed by atoms with Crippen LogP contribution in [-0.4, -0.2) is 12.6 Å². The highest BCUT2D eigenvalue weighted by Crippen LogP contribution is 2.32. The maximum absolute atomic E-state index is 5.85. The van der Waals surface area contributed by atoms with Crippen molar-refractivity contribution in [3.8, 4) is 0 Å². The Bertz CT molecular complexity index is 309. The second-order valence-corrected chi connectivity index (χ2v) is 4.12. The highest BCUT2D eigenvalue weighted by atomic mass is 15.2. The molecule has 1 aliphatic rings. The number of aryl methyl sites for hydroxylation is 1. The summed E-state index contributed by atoms with van der Waals surface area (Å²) in [7, 11) is 0. The SMILES string of the molecule is CCN(c1cc(C)cc(N)c1)C1CC1. The molecular weight excluding hydrogens is 172 g/mol. The van der Waals surface area contributed by atoms with Crippen molar-refractivity contribution >= 4 is 11.4 Å². The fraction of sp³-hybridized carbons (Fsp3) is 0.500. The van der Waals surface area contributed by atoms with Crippen LogP contribution in [0.5, 0.6) is 0 Å². The number of benzene rings is 1. The fourth-order valence-corrected chi connectivity index (χ4v) is 2.00. The van der Waals surface area contributed by atoms with Crippen molar-refractivity contribution in [3.05, 3.63) is 23.8 Å². The van der Waals surface area contributed by atoms with Crippen molar-refractivity contribution in [3.63, 3.8) is 0 Å². The molecule has 76 valence electrons. The van der Waals surface area contributed by atoms with E-state index in [-0.39, 0.29) is 0 Å². The molecule has 2 N–H and O–H groups in total. The third kappa shape index (κ3) is 1.84. The first-order valence-electron chi connectivity index (χ1n) is 5.34. The molecular formula is C12H18N2. The standard InChI is InChI=1S/C12H18N2/c1-3-14(11-4-5-11)12-7-9(2)6-10(13)8-12/h6-8,11H,3-5,13H2,1-2H3. The van der Waals surface area contributed by atoms with Crippen LogP contribution in [-0.2, 0) is 0 Å². The third-order valence-corrected chi connectivity index (χ3v) is 2.74. The van der Waals surface area contributed by atoms with Gasteiger partial charge in [0.2, 0.25) is 0 Å². The normalized spacial score (nSPS) is 15.6. The summed E-state index contributed by atoms with van der Waals surface area (Å²) in [5.74, 6) is 0. The molecule has 2 nitrogen and oxygen atoms in total. The zero-order valence-corrected chi connectivity index (χ0v) is 8.96. The zero-order valence-electron chi connectivity index (χ0n) is 8.96. The third-order valence-electron chi connectivity index (χ3n) is 2.74. The van der Waals surface area contributed by atoms with Gasteiger partial charge >= 0.3 is 0 Å². The van der Waals surface area contributed by atoms with Crippen molar-refractivity contribution in [2.45, 2.75) is 32.7 Å². The van der Waals surface area contributed by atoms with Crippen LogP contribution in [0.3, 0.4) is 0 Å². The molecule has 1 fully saturated rings. The van der Waals surface area contributed by atoms with Crippen LogP contribution in [0.4, 0.5) is 11.4 Å². The van der Waals surface area contributed by atoms with Gasteiger partial charge in [-0.1, -0.05) is 0 Å². The van der Waals surface area contributed by atoms with Crippen molar-refractivity contribution in [1.29, 1.82) is 0 Å². The van der Waals surface area contributed by atoms with Crippen LogP contribution in [0.25, 0.3) is 0 Å². The Morgan fingerprint density at radius 2 is 2.07 bits per heavy atom. The van der Waals surface area contributed by atoms with E-state index in [9.17, 15) is 0 Å². The number of nitrogen functional groups attached to an aromatic ring is 1. The number of nitrogens with two attached hydrogens (primary N) is 1. The average Bonchev–Trinajstić information content (AvgIpc) is 2.87. The lowest BCUT2D eigenvalue weighted by molar-refractivity contribution is 0.826. The van der Waals surface area contributed by atoms with Gasteiger partial charge in [-0.2, -0.15) is 0 Å². The Labute approximate surface area is 85.7 Å². The maximum Gasteiger partial charge on any atom is 0.0391 e. The van der Waals surface area contributed by atoms with Crippen molar-refractivity contribution in [2.24, 2.45) is 0 Å². The molecule has 0 aliphatic heterocycles. The van der Waals surface area contributed by atoms with E-state index in [1.165, 1.54) is 24.1 Å². The van der Waals surface area contributed by atoms with Gasteiger partial charge < -0.3 is 10.6 Å². The molecule has 0 radical (unpaired) electrons. The first-order chi connectivity index (χ1) is 6.70. The quantitative estimate of drug-likeness (QED) is 0.742. The molecule has 0 saturated heterocycles. The number of hydrogen-bond acceptors (Lipinski definition) is 2. The molecule has 0 unspecified atom stereocenters. The predicted molar refractivity (Wildman–Crippen MR) is 61.6 cm³/mol. The molecule has 0 bridgehead atoms. The van der Waals surface area contributed by atoms with Crippen LogP contribution in [0.1, 0.15) is 25.3 Å². The Kier molecular flexibility index (Phi) is 2.36. The summed E-state index contributed by atoms with van der Waals surface area (Å²) in [6.45, 7) is 5.38. The minimum Gasteiger partial charge on any atom is -0.399 e. The summed E-state index contributed by atoms with van der Waals surface area (Å²) in [4.78, 5) is 2.45. The molecule has 0 amide bonds. The van der Waals surface area contributed by atoms with Gasteiger partial charge in [0, 0.05) is 24.0 Å². The van der Waals surface area contributed by atoms with Crippen LogP contribution >= 0.6 is 0 Å². The van der Waals surface area contributed by atoms with Gasteiger partial charge in [-0.3, -0.25) is 0 Å². The first kappa shape index (κ1) is 9.38. The van der Waals surface area contributed by atoms with Gasteiger partial charge in [0.1, 0.15) is 0 Å². The number of nitrogens with zero attached hydrogens (tertiary/aromatic N) is 1. The monoisotopic (exact) mass is 190 g/mol. The second-order valence-electron chi connectivity index (χ2n) is 4.12.